The molecule has 20 nitrogen and oxygen atoms in total. The lowest BCUT2D eigenvalue weighted by Gasteiger charge is -2.17. The molecule has 4 aromatic heterocycles. The Labute approximate surface area is 489 Å². The van der Waals surface area contributed by atoms with E-state index in [1.165, 1.54) is 31.1 Å². The first-order valence-electron chi connectivity index (χ1n) is 26.3. The Morgan fingerprint density at radius 3 is 1.42 bits per heavy atom. The standard InChI is InChI=1S/C31H27F5N6O5.C27H20F5N5O4/c1-15-17-7-9-23(19(17)6-5-18(15)30(46)47-14-26(43)41(2)3)40-29(45)25-11-24(39-27-22(33)13-38-42(25)27)28(44)37-12-16-4-8-21(32)20(10-16)31(34,35)36;1-12-14-5-7-20(16(14)4-3-15(12)26(40)41)36-25(39)22-9-21(35-23-19(29)11-34-37(22)23)24(38)33-10-13-2-6-18(28)17(8-13)27(30,31)32/h4-6,8,10-11,13,23H,7,9,12,14H2,1-3H3,(H,37,44)(H,40,45);2-4,6,8-9,11,20H,5,7,10H2,1H3,(H,33,38)(H,36,39)(H,40,41)/t23-;20-/m00/s1. The summed E-state index contributed by atoms with van der Waals surface area (Å²) in [6.07, 6.45) is -6.34. The molecule has 5 amide bonds. The van der Waals surface area contributed by atoms with E-state index in [9.17, 15) is 82.6 Å². The zero-order chi connectivity index (χ0) is 63.8. The molecule has 5 N–H and O–H groups in total. The predicted octanol–water partition coefficient (Wildman–Crippen LogP) is 8.31. The van der Waals surface area contributed by atoms with Gasteiger partial charge in [0.15, 0.2) is 29.5 Å². The number of hydrogen-bond donors (Lipinski definition) is 5. The topological polar surface area (TPSA) is 261 Å². The molecule has 0 radical (unpaired) electrons. The van der Waals surface area contributed by atoms with Gasteiger partial charge in [-0.15, -0.1) is 0 Å². The van der Waals surface area contributed by atoms with Gasteiger partial charge in [-0.25, -0.2) is 46.1 Å². The minimum Gasteiger partial charge on any atom is -0.478 e. The van der Waals surface area contributed by atoms with Crippen molar-refractivity contribution in [3.05, 3.63) is 198 Å². The SMILES string of the molecule is Cc1c(C(=O)O)ccc2c1CC[C@@H]2NC(=O)c1cc(C(=O)NCc2ccc(F)c(C(F)(F)F)c2)nc2c(F)cnn12.Cc1c(C(=O)OCC(=O)N(C)C)ccc2c1CC[C@@H]2NC(=O)c1cc(C(=O)NCc2ccc(F)c(C(F)(F)F)c2)nc2c(F)cnn12. The molecule has 2 aliphatic carbocycles. The zero-order valence-electron chi connectivity index (χ0n) is 46.3. The lowest BCUT2D eigenvalue weighted by Crippen LogP contribution is -2.31. The van der Waals surface area contributed by atoms with Crippen LogP contribution in [0.25, 0.3) is 11.3 Å². The molecule has 30 heteroatoms. The van der Waals surface area contributed by atoms with Gasteiger partial charge in [0, 0.05) is 39.3 Å². The number of carbonyl (C=O) groups is 7. The van der Waals surface area contributed by atoms with Gasteiger partial charge in [-0.1, -0.05) is 24.3 Å². The molecular weight excluding hydrogens is 1180 g/mol. The third kappa shape index (κ3) is 12.9. The second kappa shape index (κ2) is 24.6. The molecule has 0 saturated heterocycles. The molecule has 88 heavy (non-hydrogen) atoms. The van der Waals surface area contributed by atoms with Gasteiger partial charge in [0.25, 0.3) is 29.5 Å². The van der Waals surface area contributed by atoms with Gasteiger partial charge >= 0.3 is 24.3 Å². The number of likely N-dealkylation sites (N-methyl/N-ethyl adjacent to an activating group) is 1. The molecule has 4 heterocycles. The Morgan fingerprint density at radius 1 is 0.591 bits per heavy atom. The van der Waals surface area contributed by atoms with Crippen molar-refractivity contribution in [3.8, 4) is 0 Å². The van der Waals surface area contributed by atoms with Crippen LogP contribution >= 0.6 is 0 Å². The third-order valence-corrected chi connectivity index (χ3v) is 14.6. The normalized spacial score (nSPS) is 14.3. The molecule has 0 unspecified atom stereocenters. The van der Waals surface area contributed by atoms with E-state index in [0.29, 0.717) is 61.1 Å². The number of amides is 5. The van der Waals surface area contributed by atoms with E-state index in [1.54, 1.807) is 26.0 Å². The van der Waals surface area contributed by atoms with Crippen molar-refractivity contribution < 1.29 is 87.3 Å². The summed E-state index contributed by atoms with van der Waals surface area (Å²) in [4.78, 5) is 97.7. The maximum Gasteiger partial charge on any atom is 0.419 e. The highest BCUT2D eigenvalue weighted by Crippen LogP contribution is 2.38. The van der Waals surface area contributed by atoms with E-state index in [0.717, 1.165) is 67.9 Å². The molecular formula is C58H47F10N11O9. The van der Waals surface area contributed by atoms with Gasteiger partial charge in [-0.2, -0.15) is 36.5 Å². The highest BCUT2D eigenvalue weighted by atomic mass is 19.4. The van der Waals surface area contributed by atoms with Crippen molar-refractivity contribution in [2.45, 2.75) is 77.1 Å². The molecule has 458 valence electrons. The number of halogens is 10. The summed E-state index contributed by atoms with van der Waals surface area (Å²) < 4.78 is 142. The highest BCUT2D eigenvalue weighted by Gasteiger charge is 2.36. The van der Waals surface area contributed by atoms with Crippen LogP contribution in [0.5, 0.6) is 0 Å². The van der Waals surface area contributed by atoms with E-state index in [-0.39, 0.29) is 39.5 Å². The van der Waals surface area contributed by atoms with Crippen LogP contribution in [0.4, 0.5) is 43.9 Å². The second-order valence-electron chi connectivity index (χ2n) is 20.4. The molecule has 2 aliphatic rings. The van der Waals surface area contributed by atoms with E-state index in [2.05, 4.69) is 41.4 Å². The Morgan fingerprint density at radius 2 is 1.01 bits per heavy atom. The van der Waals surface area contributed by atoms with Crippen LogP contribution in [0.1, 0.15) is 143 Å². The molecule has 10 rings (SSSR count). The number of hydrogen-bond acceptors (Lipinski definition) is 12. The number of nitrogens with one attached hydrogen (secondary N) is 4. The predicted molar refractivity (Wildman–Crippen MR) is 286 cm³/mol. The number of ether oxygens (including phenoxy) is 1. The number of fused-ring (bicyclic) bond motifs is 4. The van der Waals surface area contributed by atoms with Gasteiger partial charge < -0.3 is 36.0 Å². The number of aromatic carboxylic acids is 1. The largest absolute Gasteiger partial charge is 0.478 e. The summed E-state index contributed by atoms with van der Waals surface area (Å²) in [5.41, 5.74) is -0.577. The monoisotopic (exact) mass is 1230 g/mol. The minimum absolute atomic E-state index is 0.0529. The van der Waals surface area contributed by atoms with Crippen molar-refractivity contribution in [2.24, 2.45) is 0 Å². The summed E-state index contributed by atoms with van der Waals surface area (Å²) in [5.74, 6) is -10.2. The fraction of sp³-hybridized carbons (Fsp3) is 0.259. The molecule has 0 aliphatic heterocycles. The van der Waals surface area contributed by atoms with E-state index >= 15 is 0 Å². The molecule has 4 aromatic carbocycles. The first-order chi connectivity index (χ1) is 41.5. The smallest absolute Gasteiger partial charge is 0.419 e. The second-order valence-corrected chi connectivity index (χ2v) is 20.4. The maximum atomic E-state index is 14.6. The van der Waals surface area contributed by atoms with Gasteiger partial charge in [-0.3, -0.25) is 24.0 Å². The van der Waals surface area contributed by atoms with E-state index in [1.807, 2.05) is 0 Å². The minimum atomic E-state index is -4.95. The number of carboxylic acid groups (broad SMARTS) is 1. The Bertz CT molecular complexity index is 4180. The van der Waals surface area contributed by atoms with Crippen LogP contribution in [-0.2, 0) is 47.8 Å². The van der Waals surface area contributed by atoms with Crippen molar-refractivity contribution in [2.75, 3.05) is 20.7 Å². The van der Waals surface area contributed by atoms with Crippen LogP contribution in [-0.4, -0.2) is 101 Å². The Kier molecular flexibility index (Phi) is 17.4. The fourth-order valence-electron chi connectivity index (χ4n) is 10.1. The summed E-state index contributed by atoms with van der Waals surface area (Å²) in [5, 5.41) is 27.4. The first kappa shape index (κ1) is 62.2. The van der Waals surface area contributed by atoms with Crippen LogP contribution in [0.2, 0.25) is 0 Å². The molecule has 0 bridgehead atoms. The van der Waals surface area contributed by atoms with E-state index in [4.69, 9.17) is 4.74 Å². The third-order valence-electron chi connectivity index (χ3n) is 14.6. The van der Waals surface area contributed by atoms with Gasteiger partial charge in [-0.05, 0) is 120 Å². The zero-order valence-corrected chi connectivity index (χ0v) is 46.3. The van der Waals surface area contributed by atoms with Gasteiger partial charge in [0.2, 0.25) is 0 Å². The Hall–Kier alpha value is -10.3. The van der Waals surface area contributed by atoms with Crippen molar-refractivity contribution >= 4 is 52.8 Å². The highest BCUT2D eigenvalue weighted by molar-refractivity contribution is 6.00. The van der Waals surface area contributed by atoms with Crippen LogP contribution < -0.4 is 21.3 Å². The number of alkyl halides is 6. The number of benzene rings is 4. The van der Waals surface area contributed by atoms with Crippen LogP contribution in [0.15, 0.2) is 85.2 Å². The van der Waals surface area contributed by atoms with E-state index < -0.39 is 137 Å². The summed E-state index contributed by atoms with van der Waals surface area (Å²) >= 11 is 0. The molecule has 0 spiro atoms. The van der Waals surface area contributed by atoms with Crippen LogP contribution in [0, 0.1) is 37.1 Å². The van der Waals surface area contributed by atoms with Gasteiger partial charge in [0.05, 0.1) is 46.7 Å². The van der Waals surface area contributed by atoms with Crippen molar-refractivity contribution in [1.29, 1.82) is 0 Å². The first-order valence-corrected chi connectivity index (χ1v) is 26.3. The quantitative estimate of drug-likeness (QED) is 0.0508. The lowest BCUT2D eigenvalue weighted by atomic mass is 9.98. The lowest BCUT2D eigenvalue weighted by molar-refractivity contribution is -0.140. The number of carbonyl (C=O) groups excluding carboxylic acids is 6. The number of aromatic nitrogens is 6. The molecule has 8 aromatic rings. The summed E-state index contributed by atoms with van der Waals surface area (Å²) in [6, 6.07) is 11.9. The number of carboxylic acids is 1. The molecule has 0 saturated carbocycles. The average molecular weight is 1230 g/mol. The molecule has 0 fully saturated rings. The maximum absolute atomic E-state index is 14.6. The number of rotatable bonds is 14. The van der Waals surface area contributed by atoms with Crippen LogP contribution in [0.3, 0.4) is 0 Å². The fourth-order valence-corrected chi connectivity index (χ4v) is 10.1. The van der Waals surface area contributed by atoms with Crippen molar-refractivity contribution in [1.82, 2.24) is 55.4 Å². The van der Waals surface area contributed by atoms with Gasteiger partial charge in [0.1, 0.15) is 34.4 Å². The van der Waals surface area contributed by atoms with Crippen molar-refractivity contribution in [3.63, 3.8) is 0 Å². The number of esters is 1. The Balaban J connectivity index is 0.000000211. The average Bonchev–Trinajstić information content (AvgIpc) is 3.31. The molecule has 2 atom stereocenters. The summed E-state index contributed by atoms with van der Waals surface area (Å²) in [6.45, 7) is 2.12. The number of nitrogens with zero attached hydrogens (tertiary/aromatic N) is 7. The summed E-state index contributed by atoms with van der Waals surface area (Å²) in [7, 11) is 3.07.